The maximum atomic E-state index is 13.2. The van der Waals surface area contributed by atoms with Crippen LogP contribution < -0.4 is 5.32 Å². The van der Waals surface area contributed by atoms with E-state index < -0.39 is 0 Å². The van der Waals surface area contributed by atoms with Crippen molar-refractivity contribution in [2.45, 2.75) is 12.8 Å². The van der Waals surface area contributed by atoms with Crippen molar-refractivity contribution in [1.29, 1.82) is 0 Å². The number of rotatable bonds is 2. The highest BCUT2D eigenvalue weighted by atomic mass is 19.1. The first-order valence-corrected chi connectivity index (χ1v) is 4.66. The monoisotopic (exact) mass is 180 g/mol. The molecule has 0 spiro atoms. The molecule has 0 saturated carbocycles. The smallest absolute Gasteiger partial charge is 0.144 e. The zero-order valence-corrected chi connectivity index (χ0v) is 7.46. The fourth-order valence-corrected chi connectivity index (χ4v) is 1.73. The number of pyridine rings is 1. The zero-order chi connectivity index (χ0) is 9.10. The lowest BCUT2D eigenvalue weighted by Crippen LogP contribution is -2.12. The number of nitrogens with zero attached hydrogens (tertiary/aromatic N) is 1. The molecular weight excluding hydrogens is 167 g/mol. The van der Waals surface area contributed by atoms with Crippen LogP contribution in [0.15, 0.2) is 18.3 Å². The van der Waals surface area contributed by atoms with Gasteiger partial charge in [0.2, 0.25) is 0 Å². The van der Waals surface area contributed by atoms with E-state index in [2.05, 4.69) is 10.3 Å². The minimum atomic E-state index is -0.172. The number of halogens is 1. The molecule has 2 nitrogen and oxygen atoms in total. The Hall–Kier alpha value is -0.960. The Bertz CT molecular complexity index is 282. The molecule has 1 saturated heterocycles. The van der Waals surface area contributed by atoms with Gasteiger partial charge < -0.3 is 5.32 Å². The molecule has 1 N–H and O–H groups in total. The maximum Gasteiger partial charge on any atom is 0.144 e. The molecule has 1 unspecified atom stereocenters. The van der Waals surface area contributed by atoms with E-state index in [9.17, 15) is 4.39 Å². The van der Waals surface area contributed by atoms with E-state index in [1.54, 1.807) is 12.3 Å². The lowest BCUT2D eigenvalue weighted by molar-refractivity contribution is 0.531. The average Bonchev–Trinajstić information content (AvgIpc) is 2.61. The zero-order valence-electron chi connectivity index (χ0n) is 7.46. The van der Waals surface area contributed by atoms with Crippen LogP contribution in [0, 0.1) is 11.7 Å². The van der Waals surface area contributed by atoms with Gasteiger partial charge in [0.05, 0.1) is 5.69 Å². The highest BCUT2D eigenvalue weighted by molar-refractivity contribution is 5.08. The Morgan fingerprint density at radius 1 is 1.62 bits per heavy atom. The van der Waals surface area contributed by atoms with Crippen LogP contribution in [0.25, 0.3) is 0 Å². The lowest BCUT2D eigenvalue weighted by atomic mass is 10.0. The van der Waals surface area contributed by atoms with Crippen molar-refractivity contribution in [2.75, 3.05) is 13.1 Å². The molecule has 0 amide bonds. The third kappa shape index (κ3) is 2.04. The van der Waals surface area contributed by atoms with Crippen molar-refractivity contribution in [3.63, 3.8) is 0 Å². The van der Waals surface area contributed by atoms with Crippen LogP contribution in [-0.4, -0.2) is 18.1 Å². The van der Waals surface area contributed by atoms with Crippen molar-refractivity contribution in [2.24, 2.45) is 5.92 Å². The third-order valence-corrected chi connectivity index (χ3v) is 2.48. The fraction of sp³-hybridized carbons (Fsp3) is 0.500. The predicted octanol–water partition coefficient (Wildman–Crippen LogP) is 1.37. The van der Waals surface area contributed by atoms with E-state index in [0.717, 1.165) is 25.9 Å². The van der Waals surface area contributed by atoms with Gasteiger partial charge in [-0.1, -0.05) is 0 Å². The number of hydrogen-bond acceptors (Lipinski definition) is 2. The molecule has 1 aliphatic heterocycles. The van der Waals surface area contributed by atoms with Gasteiger partial charge in [0.15, 0.2) is 0 Å². The van der Waals surface area contributed by atoms with E-state index in [0.29, 0.717) is 11.6 Å². The molecule has 13 heavy (non-hydrogen) atoms. The van der Waals surface area contributed by atoms with Crippen molar-refractivity contribution >= 4 is 0 Å². The summed E-state index contributed by atoms with van der Waals surface area (Å²) in [6.45, 7) is 2.05. The van der Waals surface area contributed by atoms with Gasteiger partial charge in [0.25, 0.3) is 0 Å². The van der Waals surface area contributed by atoms with Gasteiger partial charge in [0, 0.05) is 6.20 Å². The standard InChI is InChI=1S/C10H13FN2/c11-9-2-1-4-13-10(9)6-8-3-5-12-7-8/h1-2,4,8,12H,3,5-7H2. The van der Waals surface area contributed by atoms with Crippen LogP contribution >= 0.6 is 0 Å². The summed E-state index contributed by atoms with van der Waals surface area (Å²) in [6.07, 6.45) is 3.55. The highest BCUT2D eigenvalue weighted by Crippen LogP contribution is 2.15. The summed E-state index contributed by atoms with van der Waals surface area (Å²) in [6, 6.07) is 3.11. The Balaban J connectivity index is 2.04. The average molecular weight is 180 g/mol. The van der Waals surface area contributed by atoms with Gasteiger partial charge >= 0.3 is 0 Å². The van der Waals surface area contributed by atoms with Crippen LogP contribution in [0.5, 0.6) is 0 Å². The molecule has 1 aliphatic rings. The van der Waals surface area contributed by atoms with E-state index in [1.165, 1.54) is 6.07 Å². The van der Waals surface area contributed by atoms with Crippen LogP contribution in [0.2, 0.25) is 0 Å². The summed E-state index contributed by atoms with van der Waals surface area (Å²) in [7, 11) is 0. The summed E-state index contributed by atoms with van der Waals surface area (Å²) in [5, 5.41) is 3.26. The first-order valence-electron chi connectivity index (χ1n) is 4.66. The van der Waals surface area contributed by atoms with Crippen LogP contribution in [0.3, 0.4) is 0 Å². The molecule has 70 valence electrons. The van der Waals surface area contributed by atoms with Gasteiger partial charge in [-0.3, -0.25) is 4.98 Å². The van der Waals surface area contributed by atoms with E-state index >= 15 is 0 Å². The maximum absolute atomic E-state index is 13.2. The molecule has 1 aromatic rings. The van der Waals surface area contributed by atoms with Crippen molar-refractivity contribution in [3.8, 4) is 0 Å². The summed E-state index contributed by atoms with van der Waals surface area (Å²) in [5.74, 6) is 0.388. The Kier molecular flexibility index (Phi) is 2.54. The van der Waals surface area contributed by atoms with E-state index in [1.807, 2.05) is 0 Å². The second-order valence-electron chi connectivity index (χ2n) is 3.49. The van der Waals surface area contributed by atoms with E-state index in [4.69, 9.17) is 0 Å². The number of hydrogen-bond donors (Lipinski definition) is 1. The van der Waals surface area contributed by atoms with Gasteiger partial charge in [-0.2, -0.15) is 0 Å². The Labute approximate surface area is 77.2 Å². The second kappa shape index (κ2) is 3.83. The lowest BCUT2D eigenvalue weighted by Gasteiger charge is -2.07. The van der Waals surface area contributed by atoms with Crippen molar-refractivity contribution in [3.05, 3.63) is 29.8 Å². The minimum Gasteiger partial charge on any atom is -0.316 e. The molecule has 3 heteroatoms. The Morgan fingerprint density at radius 3 is 3.23 bits per heavy atom. The largest absolute Gasteiger partial charge is 0.316 e. The summed E-state index contributed by atoms with van der Waals surface area (Å²) in [4.78, 5) is 4.04. The minimum absolute atomic E-state index is 0.172. The van der Waals surface area contributed by atoms with E-state index in [-0.39, 0.29) is 5.82 Å². The molecule has 1 fully saturated rings. The van der Waals surface area contributed by atoms with Gasteiger partial charge in [-0.15, -0.1) is 0 Å². The summed E-state index contributed by atoms with van der Waals surface area (Å²) in [5.41, 5.74) is 0.608. The first-order chi connectivity index (χ1) is 6.36. The SMILES string of the molecule is Fc1cccnc1CC1CCNC1. The number of aromatic nitrogens is 1. The quantitative estimate of drug-likeness (QED) is 0.743. The highest BCUT2D eigenvalue weighted by Gasteiger charge is 2.16. The molecule has 0 aliphatic carbocycles. The molecule has 1 atom stereocenters. The van der Waals surface area contributed by atoms with Crippen LogP contribution in [0.1, 0.15) is 12.1 Å². The molecule has 0 radical (unpaired) electrons. The first kappa shape index (κ1) is 8.63. The van der Waals surface area contributed by atoms with Crippen molar-refractivity contribution in [1.82, 2.24) is 10.3 Å². The molecular formula is C10H13FN2. The normalized spacial score (nSPS) is 22.1. The molecule has 0 bridgehead atoms. The number of nitrogens with one attached hydrogen (secondary N) is 1. The van der Waals surface area contributed by atoms with Crippen LogP contribution in [0.4, 0.5) is 4.39 Å². The third-order valence-electron chi connectivity index (χ3n) is 2.48. The molecule has 0 aromatic carbocycles. The topological polar surface area (TPSA) is 24.9 Å². The summed E-state index contributed by atoms with van der Waals surface area (Å²) < 4.78 is 13.2. The fourth-order valence-electron chi connectivity index (χ4n) is 1.73. The predicted molar refractivity (Wildman–Crippen MR) is 48.9 cm³/mol. The summed E-state index contributed by atoms with van der Waals surface area (Å²) >= 11 is 0. The van der Waals surface area contributed by atoms with Crippen molar-refractivity contribution < 1.29 is 4.39 Å². The van der Waals surface area contributed by atoms with Gasteiger partial charge in [-0.05, 0) is 44.0 Å². The van der Waals surface area contributed by atoms with Gasteiger partial charge in [-0.25, -0.2) is 4.39 Å². The second-order valence-corrected chi connectivity index (χ2v) is 3.49. The van der Waals surface area contributed by atoms with Gasteiger partial charge in [0.1, 0.15) is 5.82 Å². The molecule has 2 rings (SSSR count). The Morgan fingerprint density at radius 2 is 2.54 bits per heavy atom. The molecule has 2 heterocycles. The molecule has 1 aromatic heterocycles. The van der Waals surface area contributed by atoms with Crippen LogP contribution in [-0.2, 0) is 6.42 Å².